The third-order valence-electron chi connectivity index (χ3n) is 12.7. The molecule has 0 radical (unpaired) electrons. The fourth-order valence-corrected chi connectivity index (χ4v) is 8.55. The van der Waals surface area contributed by atoms with Crippen LogP contribution in [0.4, 0.5) is 0 Å². The minimum atomic E-state index is -0.858. The summed E-state index contributed by atoms with van der Waals surface area (Å²) >= 11 is 0. The SMILES string of the molecule is CCCCCCCCC/C=C/CC/C=C/C(O)C(CO)NC(=O)CCCCCCCCCCCCCCCCCCCCCCCCCCCCCCCCCCCC. The summed E-state index contributed by atoms with van der Waals surface area (Å²) in [6, 6.07) is -0.635. The van der Waals surface area contributed by atoms with Gasteiger partial charge in [-0.05, 0) is 32.1 Å². The molecule has 0 aromatic heterocycles. The predicted molar refractivity (Wildman–Crippen MR) is 262 cm³/mol. The van der Waals surface area contributed by atoms with Gasteiger partial charge in [0.1, 0.15) is 0 Å². The zero-order valence-corrected chi connectivity index (χ0v) is 40.3. The maximum absolute atomic E-state index is 12.4. The van der Waals surface area contributed by atoms with Crippen LogP contribution in [0.15, 0.2) is 24.3 Å². The zero-order chi connectivity index (χ0) is 42.8. The molecule has 0 aliphatic rings. The number of aliphatic hydroxyl groups excluding tert-OH is 2. The molecule has 2 unspecified atom stereocenters. The first-order valence-electron chi connectivity index (χ1n) is 27.1. The molecular weight excluding hydrogens is 723 g/mol. The molecule has 0 spiro atoms. The first-order valence-corrected chi connectivity index (χ1v) is 27.1. The highest BCUT2D eigenvalue weighted by molar-refractivity contribution is 5.76. The maximum atomic E-state index is 12.4. The van der Waals surface area contributed by atoms with Crippen molar-refractivity contribution in [2.75, 3.05) is 6.61 Å². The van der Waals surface area contributed by atoms with Gasteiger partial charge in [-0.2, -0.15) is 0 Å². The molecule has 4 heteroatoms. The van der Waals surface area contributed by atoms with E-state index in [0.29, 0.717) is 6.42 Å². The van der Waals surface area contributed by atoms with Crippen LogP contribution in [0.5, 0.6) is 0 Å². The average molecular weight is 830 g/mol. The molecule has 3 N–H and O–H groups in total. The molecule has 0 fully saturated rings. The Balaban J connectivity index is 3.39. The molecule has 2 atom stereocenters. The number of unbranched alkanes of at least 4 members (excludes halogenated alkanes) is 41. The van der Waals surface area contributed by atoms with Crippen LogP contribution in [0.25, 0.3) is 0 Å². The molecule has 59 heavy (non-hydrogen) atoms. The topological polar surface area (TPSA) is 69.6 Å². The Morgan fingerprint density at radius 3 is 0.983 bits per heavy atom. The monoisotopic (exact) mass is 830 g/mol. The van der Waals surface area contributed by atoms with Crippen molar-refractivity contribution >= 4 is 5.91 Å². The number of carbonyl (C=O) groups excluding carboxylic acids is 1. The van der Waals surface area contributed by atoms with E-state index in [9.17, 15) is 15.0 Å². The highest BCUT2D eigenvalue weighted by atomic mass is 16.3. The molecule has 1 amide bonds. The highest BCUT2D eigenvalue weighted by Crippen LogP contribution is 2.18. The Bertz CT molecular complexity index is 855. The fraction of sp³-hybridized carbons (Fsp3) is 0.909. The molecule has 0 heterocycles. The summed E-state index contributed by atoms with van der Waals surface area (Å²) in [7, 11) is 0. The molecule has 350 valence electrons. The van der Waals surface area contributed by atoms with Crippen molar-refractivity contribution in [3.05, 3.63) is 24.3 Å². The number of aliphatic hydroxyl groups is 2. The van der Waals surface area contributed by atoms with E-state index in [1.807, 2.05) is 6.08 Å². The molecule has 0 saturated carbocycles. The molecule has 0 aliphatic heterocycles. The van der Waals surface area contributed by atoms with Crippen molar-refractivity contribution in [2.24, 2.45) is 0 Å². The second-order valence-electron chi connectivity index (χ2n) is 18.7. The number of amides is 1. The van der Waals surface area contributed by atoms with E-state index in [-0.39, 0.29) is 12.5 Å². The average Bonchev–Trinajstić information content (AvgIpc) is 3.24. The summed E-state index contributed by atoms with van der Waals surface area (Å²) in [5.74, 6) is -0.0688. The van der Waals surface area contributed by atoms with E-state index in [2.05, 4.69) is 31.3 Å². The second kappa shape index (κ2) is 51.2. The molecule has 0 bridgehead atoms. The summed E-state index contributed by atoms with van der Waals surface area (Å²) in [5, 5.41) is 23.0. The van der Waals surface area contributed by atoms with E-state index in [1.54, 1.807) is 6.08 Å². The van der Waals surface area contributed by atoms with E-state index in [4.69, 9.17) is 0 Å². The third-order valence-corrected chi connectivity index (χ3v) is 12.7. The van der Waals surface area contributed by atoms with E-state index < -0.39 is 12.1 Å². The molecule has 0 saturated heterocycles. The highest BCUT2D eigenvalue weighted by Gasteiger charge is 2.18. The van der Waals surface area contributed by atoms with Gasteiger partial charge >= 0.3 is 0 Å². The minimum absolute atomic E-state index is 0.0688. The van der Waals surface area contributed by atoms with Crippen LogP contribution < -0.4 is 5.32 Å². The Kier molecular flexibility index (Phi) is 50.2. The van der Waals surface area contributed by atoms with Gasteiger partial charge in [-0.15, -0.1) is 0 Å². The summed E-state index contributed by atoms with van der Waals surface area (Å²) in [5.41, 5.74) is 0. The molecule has 0 aromatic carbocycles. The van der Waals surface area contributed by atoms with Gasteiger partial charge in [-0.3, -0.25) is 4.79 Å². The van der Waals surface area contributed by atoms with Gasteiger partial charge in [0.2, 0.25) is 5.91 Å². The first-order chi connectivity index (χ1) is 29.2. The Morgan fingerprint density at radius 1 is 0.390 bits per heavy atom. The van der Waals surface area contributed by atoms with Crippen molar-refractivity contribution in [1.29, 1.82) is 0 Å². The second-order valence-corrected chi connectivity index (χ2v) is 18.7. The van der Waals surface area contributed by atoms with Crippen molar-refractivity contribution < 1.29 is 15.0 Å². The van der Waals surface area contributed by atoms with Crippen LogP contribution >= 0.6 is 0 Å². The summed E-state index contributed by atoms with van der Waals surface area (Å²) in [6.07, 6.45) is 67.8. The predicted octanol–water partition coefficient (Wildman–Crippen LogP) is 17.5. The van der Waals surface area contributed by atoms with Crippen molar-refractivity contribution in [1.82, 2.24) is 5.32 Å². The normalized spacial score (nSPS) is 12.9. The van der Waals surface area contributed by atoms with Crippen LogP contribution in [0, 0.1) is 0 Å². The molecule has 0 aromatic rings. The van der Waals surface area contributed by atoms with Crippen LogP contribution in [0.1, 0.15) is 303 Å². The van der Waals surface area contributed by atoms with Gasteiger partial charge in [0.25, 0.3) is 0 Å². The van der Waals surface area contributed by atoms with Crippen LogP contribution in [0.2, 0.25) is 0 Å². The molecule has 4 nitrogen and oxygen atoms in total. The van der Waals surface area contributed by atoms with Crippen molar-refractivity contribution in [3.8, 4) is 0 Å². The lowest BCUT2D eigenvalue weighted by molar-refractivity contribution is -0.123. The minimum Gasteiger partial charge on any atom is -0.394 e. The van der Waals surface area contributed by atoms with E-state index >= 15 is 0 Å². The lowest BCUT2D eigenvalue weighted by Crippen LogP contribution is -2.45. The number of hydrogen-bond donors (Lipinski definition) is 3. The zero-order valence-electron chi connectivity index (χ0n) is 40.3. The van der Waals surface area contributed by atoms with Crippen molar-refractivity contribution in [2.45, 2.75) is 315 Å². The number of rotatable bonds is 50. The fourth-order valence-electron chi connectivity index (χ4n) is 8.55. The number of allylic oxidation sites excluding steroid dienone is 3. The summed E-state index contributed by atoms with van der Waals surface area (Å²) in [4.78, 5) is 12.4. The van der Waals surface area contributed by atoms with E-state index in [1.165, 1.54) is 250 Å². The lowest BCUT2D eigenvalue weighted by Gasteiger charge is -2.19. The van der Waals surface area contributed by atoms with Crippen molar-refractivity contribution in [3.63, 3.8) is 0 Å². The third kappa shape index (κ3) is 47.8. The Labute approximate surface area is 370 Å². The maximum Gasteiger partial charge on any atom is 0.220 e. The van der Waals surface area contributed by atoms with Crippen LogP contribution in [-0.2, 0) is 4.79 Å². The van der Waals surface area contributed by atoms with Gasteiger partial charge in [0, 0.05) is 6.42 Å². The largest absolute Gasteiger partial charge is 0.394 e. The number of nitrogens with one attached hydrogen (secondary N) is 1. The molecule has 0 aliphatic carbocycles. The number of carbonyl (C=O) groups is 1. The van der Waals surface area contributed by atoms with Gasteiger partial charge in [0.05, 0.1) is 18.8 Å². The van der Waals surface area contributed by atoms with Crippen LogP contribution in [0.3, 0.4) is 0 Å². The summed E-state index contributed by atoms with van der Waals surface area (Å²) in [6.45, 7) is 4.31. The molecule has 0 rings (SSSR count). The quantitative estimate of drug-likeness (QED) is 0.0422. The van der Waals surface area contributed by atoms with Crippen LogP contribution in [-0.4, -0.2) is 34.9 Å². The van der Waals surface area contributed by atoms with E-state index in [0.717, 1.165) is 32.1 Å². The Hall–Kier alpha value is -1.13. The smallest absolute Gasteiger partial charge is 0.220 e. The first kappa shape index (κ1) is 57.9. The lowest BCUT2D eigenvalue weighted by atomic mass is 10.0. The number of hydrogen-bond acceptors (Lipinski definition) is 3. The van der Waals surface area contributed by atoms with Gasteiger partial charge in [-0.1, -0.05) is 289 Å². The summed E-state index contributed by atoms with van der Waals surface area (Å²) < 4.78 is 0. The molecular formula is C55H107NO3. The van der Waals surface area contributed by atoms with Gasteiger partial charge in [0.15, 0.2) is 0 Å². The van der Waals surface area contributed by atoms with Gasteiger partial charge < -0.3 is 15.5 Å². The standard InChI is InChI=1S/C55H107NO3/c1-3-5-7-9-11-13-15-17-18-19-20-21-22-23-24-25-26-27-28-29-30-31-32-33-34-35-36-37-39-41-43-45-47-49-51-55(59)56-53(52-57)54(58)50-48-46-44-42-40-38-16-14-12-10-8-6-4-2/h40,42,48,50,53-54,57-58H,3-39,41,43-47,49,51-52H2,1-2H3,(H,56,59)/b42-40+,50-48+. The van der Waals surface area contributed by atoms with Gasteiger partial charge in [-0.25, -0.2) is 0 Å². The Morgan fingerprint density at radius 2 is 0.661 bits per heavy atom.